The summed E-state index contributed by atoms with van der Waals surface area (Å²) in [4.78, 5) is 15.2. The number of aromatic nitrogens is 2. The lowest BCUT2D eigenvalue weighted by Crippen LogP contribution is -2.18. The number of hydrogen-bond donors (Lipinski definition) is 1. The number of nitrogens with zero attached hydrogens (tertiary/aromatic N) is 2. The van der Waals surface area contributed by atoms with Crippen molar-refractivity contribution < 1.29 is 9.90 Å². The molecule has 1 heterocycles. The summed E-state index contributed by atoms with van der Waals surface area (Å²) in [6.45, 7) is 4.24. The van der Waals surface area contributed by atoms with E-state index in [4.69, 9.17) is 5.11 Å². The van der Waals surface area contributed by atoms with Crippen molar-refractivity contribution in [2.24, 2.45) is 5.92 Å². The van der Waals surface area contributed by atoms with Crippen LogP contribution in [0.2, 0.25) is 0 Å². The van der Waals surface area contributed by atoms with Gasteiger partial charge in [-0.05, 0) is 38.5 Å². The second kappa shape index (κ2) is 6.46. The van der Waals surface area contributed by atoms with E-state index in [9.17, 15) is 4.79 Å². The van der Waals surface area contributed by atoms with E-state index in [0.717, 1.165) is 16.8 Å². The monoisotopic (exact) mass is 282 g/mol. The van der Waals surface area contributed by atoms with Crippen LogP contribution in [-0.2, 0) is 4.79 Å². The topological polar surface area (TPSA) is 55.1 Å². The molecule has 1 saturated carbocycles. The minimum Gasteiger partial charge on any atom is -0.481 e. The molecule has 0 unspecified atom stereocenters. The zero-order valence-electron chi connectivity index (χ0n) is 11.6. The standard InChI is InChI=1S/C14H22N2O2S/c1-3-11-4-6-12(7-5-11)16-8-10(2)15-14(16)19-9-13(17)18/h8,11-12H,3-7,9H2,1-2H3,(H,17,18). The van der Waals surface area contributed by atoms with Gasteiger partial charge < -0.3 is 9.67 Å². The molecule has 0 spiro atoms. The van der Waals surface area contributed by atoms with Gasteiger partial charge in [-0.15, -0.1) is 0 Å². The van der Waals surface area contributed by atoms with Gasteiger partial charge in [0.25, 0.3) is 0 Å². The fraction of sp³-hybridized carbons (Fsp3) is 0.714. The van der Waals surface area contributed by atoms with Crippen molar-refractivity contribution in [1.82, 2.24) is 9.55 Å². The fourth-order valence-electron chi connectivity index (χ4n) is 2.82. The first-order chi connectivity index (χ1) is 9.10. The average Bonchev–Trinajstić information content (AvgIpc) is 2.78. The molecule has 0 aromatic carbocycles. The molecule has 5 heteroatoms. The quantitative estimate of drug-likeness (QED) is 0.840. The number of hydrogen-bond acceptors (Lipinski definition) is 3. The van der Waals surface area contributed by atoms with E-state index in [-0.39, 0.29) is 5.75 Å². The summed E-state index contributed by atoms with van der Waals surface area (Å²) in [6, 6.07) is 0.500. The number of thioether (sulfide) groups is 1. The maximum atomic E-state index is 10.7. The molecule has 2 rings (SSSR count). The van der Waals surface area contributed by atoms with Crippen LogP contribution >= 0.6 is 11.8 Å². The number of carboxylic acids is 1. The van der Waals surface area contributed by atoms with Crippen LogP contribution in [0.4, 0.5) is 0 Å². The Morgan fingerprint density at radius 1 is 1.47 bits per heavy atom. The summed E-state index contributed by atoms with van der Waals surface area (Å²) in [5.41, 5.74) is 0.977. The van der Waals surface area contributed by atoms with E-state index >= 15 is 0 Å². The van der Waals surface area contributed by atoms with Crippen LogP contribution in [0, 0.1) is 12.8 Å². The van der Waals surface area contributed by atoms with Crippen molar-refractivity contribution in [2.45, 2.75) is 57.1 Å². The van der Waals surface area contributed by atoms with Crippen LogP contribution < -0.4 is 0 Å². The van der Waals surface area contributed by atoms with E-state index in [1.54, 1.807) is 0 Å². The van der Waals surface area contributed by atoms with Crippen molar-refractivity contribution in [3.05, 3.63) is 11.9 Å². The third-order valence-corrected chi connectivity index (χ3v) is 4.88. The molecule has 0 radical (unpaired) electrons. The Balaban J connectivity index is 2.05. The summed E-state index contributed by atoms with van der Waals surface area (Å²) in [6.07, 6.45) is 8.28. The summed E-state index contributed by atoms with van der Waals surface area (Å²) in [5.74, 6) is 0.170. The van der Waals surface area contributed by atoms with Crippen LogP contribution in [0.15, 0.2) is 11.4 Å². The molecule has 1 aromatic rings. The molecule has 106 valence electrons. The van der Waals surface area contributed by atoms with Crippen molar-refractivity contribution in [3.8, 4) is 0 Å². The van der Waals surface area contributed by atoms with Crippen molar-refractivity contribution in [3.63, 3.8) is 0 Å². The second-order valence-electron chi connectivity index (χ2n) is 5.34. The van der Waals surface area contributed by atoms with Crippen LogP contribution in [0.3, 0.4) is 0 Å². The first-order valence-electron chi connectivity index (χ1n) is 7.00. The zero-order valence-corrected chi connectivity index (χ0v) is 12.4. The Bertz CT molecular complexity index is 437. The van der Waals surface area contributed by atoms with Gasteiger partial charge in [-0.2, -0.15) is 0 Å². The second-order valence-corrected chi connectivity index (χ2v) is 6.28. The lowest BCUT2D eigenvalue weighted by molar-refractivity contribution is -0.133. The molecule has 4 nitrogen and oxygen atoms in total. The first-order valence-corrected chi connectivity index (χ1v) is 7.98. The smallest absolute Gasteiger partial charge is 0.313 e. The van der Waals surface area contributed by atoms with Crippen LogP contribution in [0.5, 0.6) is 0 Å². The van der Waals surface area contributed by atoms with Gasteiger partial charge in [-0.1, -0.05) is 25.1 Å². The maximum absolute atomic E-state index is 10.7. The number of aryl methyl sites for hydroxylation is 1. The number of imidazole rings is 1. The maximum Gasteiger partial charge on any atom is 0.313 e. The average molecular weight is 282 g/mol. The molecular weight excluding hydrogens is 260 g/mol. The highest BCUT2D eigenvalue weighted by atomic mass is 32.2. The molecule has 0 aliphatic heterocycles. The van der Waals surface area contributed by atoms with Gasteiger partial charge in [0.1, 0.15) is 0 Å². The fourth-order valence-corrected chi connectivity index (χ4v) is 3.63. The van der Waals surface area contributed by atoms with Gasteiger partial charge in [-0.3, -0.25) is 4.79 Å². The molecule has 19 heavy (non-hydrogen) atoms. The molecule has 1 fully saturated rings. The highest BCUT2D eigenvalue weighted by Gasteiger charge is 2.23. The molecule has 1 aromatic heterocycles. The largest absolute Gasteiger partial charge is 0.481 e. The van der Waals surface area contributed by atoms with E-state index < -0.39 is 5.97 Å². The van der Waals surface area contributed by atoms with Crippen LogP contribution in [-0.4, -0.2) is 26.4 Å². The molecule has 1 aliphatic carbocycles. The van der Waals surface area contributed by atoms with Crippen molar-refractivity contribution in [1.29, 1.82) is 0 Å². The van der Waals surface area contributed by atoms with Gasteiger partial charge in [0, 0.05) is 12.2 Å². The molecular formula is C14H22N2O2S. The third-order valence-electron chi connectivity index (χ3n) is 3.93. The minimum atomic E-state index is -0.785. The Kier molecular flexibility index (Phi) is 4.91. The zero-order chi connectivity index (χ0) is 13.8. The Labute approximate surface area is 118 Å². The Hall–Kier alpha value is -0.970. The van der Waals surface area contributed by atoms with Gasteiger partial charge in [0.2, 0.25) is 0 Å². The van der Waals surface area contributed by atoms with Crippen molar-refractivity contribution >= 4 is 17.7 Å². The summed E-state index contributed by atoms with van der Waals surface area (Å²) in [7, 11) is 0. The summed E-state index contributed by atoms with van der Waals surface area (Å²) >= 11 is 1.33. The lowest BCUT2D eigenvalue weighted by atomic mass is 9.84. The van der Waals surface area contributed by atoms with Crippen LogP contribution in [0.1, 0.15) is 50.8 Å². The highest BCUT2D eigenvalue weighted by molar-refractivity contribution is 7.99. The van der Waals surface area contributed by atoms with E-state index in [2.05, 4.69) is 22.7 Å². The molecule has 0 amide bonds. The summed E-state index contributed by atoms with van der Waals surface area (Å²) in [5, 5.41) is 9.65. The van der Waals surface area contributed by atoms with Gasteiger partial charge >= 0.3 is 5.97 Å². The lowest BCUT2D eigenvalue weighted by Gasteiger charge is -2.29. The number of rotatable bonds is 5. The number of carboxylic acid groups (broad SMARTS) is 1. The van der Waals surface area contributed by atoms with Gasteiger partial charge in [0.05, 0.1) is 11.4 Å². The molecule has 1 aliphatic rings. The minimum absolute atomic E-state index is 0.0841. The predicted molar refractivity (Wildman–Crippen MR) is 76.6 cm³/mol. The van der Waals surface area contributed by atoms with E-state index in [1.807, 2.05) is 6.92 Å². The molecule has 0 bridgehead atoms. The molecule has 0 saturated heterocycles. The van der Waals surface area contributed by atoms with Gasteiger partial charge in [-0.25, -0.2) is 4.98 Å². The Morgan fingerprint density at radius 2 is 2.16 bits per heavy atom. The van der Waals surface area contributed by atoms with E-state index in [1.165, 1.54) is 43.9 Å². The van der Waals surface area contributed by atoms with Crippen LogP contribution in [0.25, 0.3) is 0 Å². The summed E-state index contributed by atoms with van der Waals surface area (Å²) < 4.78 is 2.20. The number of carbonyl (C=O) groups is 1. The predicted octanol–water partition coefficient (Wildman–Crippen LogP) is 3.51. The highest BCUT2D eigenvalue weighted by Crippen LogP contribution is 2.36. The molecule has 0 atom stereocenters. The number of aliphatic carboxylic acids is 1. The SMILES string of the molecule is CCC1CCC(n2cc(C)nc2SCC(=O)O)CC1. The Morgan fingerprint density at radius 3 is 2.74 bits per heavy atom. The first kappa shape index (κ1) is 14.4. The van der Waals surface area contributed by atoms with Crippen molar-refractivity contribution in [2.75, 3.05) is 5.75 Å². The van der Waals surface area contributed by atoms with E-state index in [0.29, 0.717) is 6.04 Å². The molecule has 1 N–H and O–H groups in total. The van der Waals surface area contributed by atoms with Gasteiger partial charge in [0.15, 0.2) is 5.16 Å². The normalized spacial score (nSPS) is 23.5. The third kappa shape index (κ3) is 3.75.